The molecule has 0 saturated carbocycles. The maximum absolute atomic E-state index is 15.6. The van der Waals surface area contributed by atoms with Crippen molar-refractivity contribution in [3.8, 4) is 28.4 Å². The lowest BCUT2D eigenvalue weighted by Gasteiger charge is -2.39. The molecule has 0 aliphatic carbocycles. The molecule has 7 nitrogen and oxygen atoms in total. The third-order valence-corrected chi connectivity index (χ3v) is 10.4. The Morgan fingerprint density at radius 1 is 0.707 bits per heavy atom. The summed E-state index contributed by atoms with van der Waals surface area (Å²) in [6.45, 7) is 1.75. The molecule has 1 aromatic heterocycles. The predicted molar refractivity (Wildman–Crippen MR) is 160 cm³/mol. The zero-order chi connectivity index (χ0) is 27.4. The number of para-hydroxylation sites is 2. The third-order valence-electron chi connectivity index (χ3n) is 7.90. The number of pyridine rings is 1. The van der Waals surface area contributed by atoms with Crippen LogP contribution in [-0.4, -0.2) is 18.4 Å². The summed E-state index contributed by atoms with van der Waals surface area (Å²) in [6.07, 6.45) is 3.58. The van der Waals surface area contributed by atoms with Gasteiger partial charge >= 0.3 is 7.37 Å². The number of ether oxygens (including phenoxy) is 2. The SMILES string of the molecule is O=P1(c2c3c(cc4c2OCN(c2cccnc2)C4)OCN(c2ccccc2)C3)Oc2ccccc2-c2ccccc21. The van der Waals surface area contributed by atoms with Gasteiger partial charge in [-0.2, -0.15) is 0 Å². The molecule has 8 rings (SSSR count). The summed E-state index contributed by atoms with van der Waals surface area (Å²) in [5, 5.41) is 1.25. The molecule has 5 aromatic rings. The van der Waals surface area contributed by atoms with Crippen LogP contribution >= 0.6 is 7.37 Å². The highest BCUT2D eigenvalue weighted by molar-refractivity contribution is 7.75. The summed E-state index contributed by atoms with van der Waals surface area (Å²) in [4.78, 5) is 8.52. The molecule has 0 radical (unpaired) electrons. The number of fused-ring (bicyclic) bond motifs is 5. The molecule has 1 atom stereocenters. The summed E-state index contributed by atoms with van der Waals surface area (Å²) in [7, 11) is -3.68. The lowest BCUT2D eigenvalue weighted by molar-refractivity contribution is 0.276. The van der Waals surface area contributed by atoms with Crippen molar-refractivity contribution in [3.05, 3.63) is 121 Å². The first-order valence-corrected chi connectivity index (χ1v) is 15.2. The standard InChI is InChI=1S/C33H26N3O4P/c37-41(31-15-7-5-13-27(31)26-12-4-6-14-29(26)40-41)33-28-20-36(24-9-2-1-3-10-24)21-38-30(28)17-23-19-35(22-39-32(23)33)25-11-8-16-34-18-25/h1-18H,19-22H2. The molecule has 3 aliphatic rings. The molecule has 0 bridgehead atoms. The number of benzene rings is 4. The van der Waals surface area contributed by atoms with Crippen LogP contribution in [0.3, 0.4) is 0 Å². The Bertz CT molecular complexity index is 1830. The van der Waals surface area contributed by atoms with Gasteiger partial charge in [-0.05, 0) is 48.0 Å². The fraction of sp³-hybridized carbons (Fsp3) is 0.121. The van der Waals surface area contributed by atoms with Crippen molar-refractivity contribution in [2.45, 2.75) is 13.1 Å². The summed E-state index contributed by atoms with van der Waals surface area (Å²) < 4.78 is 35.1. The smallest absolute Gasteiger partial charge is 0.311 e. The van der Waals surface area contributed by atoms with E-state index in [1.165, 1.54) is 0 Å². The number of nitrogens with zero attached hydrogens (tertiary/aromatic N) is 3. The van der Waals surface area contributed by atoms with Crippen molar-refractivity contribution in [1.82, 2.24) is 4.98 Å². The average Bonchev–Trinajstić information content (AvgIpc) is 3.04. The third kappa shape index (κ3) is 3.88. The van der Waals surface area contributed by atoms with Crippen LogP contribution in [0.15, 0.2) is 109 Å². The van der Waals surface area contributed by atoms with Crippen molar-refractivity contribution in [2.24, 2.45) is 0 Å². The molecule has 0 saturated heterocycles. The summed E-state index contributed by atoms with van der Waals surface area (Å²) >= 11 is 0. The Balaban J connectivity index is 1.33. The molecule has 41 heavy (non-hydrogen) atoms. The van der Waals surface area contributed by atoms with Crippen molar-refractivity contribution >= 4 is 29.4 Å². The van der Waals surface area contributed by atoms with E-state index in [0.717, 1.165) is 33.6 Å². The van der Waals surface area contributed by atoms with Crippen molar-refractivity contribution in [1.29, 1.82) is 0 Å². The number of hydrogen-bond acceptors (Lipinski definition) is 7. The van der Waals surface area contributed by atoms with Crippen molar-refractivity contribution < 1.29 is 18.6 Å². The topological polar surface area (TPSA) is 64.1 Å². The Labute approximate surface area is 238 Å². The van der Waals surface area contributed by atoms with E-state index >= 15 is 4.57 Å². The van der Waals surface area contributed by atoms with Gasteiger partial charge in [0.25, 0.3) is 0 Å². The molecule has 4 aromatic carbocycles. The van der Waals surface area contributed by atoms with Gasteiger partial charge in [-0.15, -0.1) is 0 Å². The zero-order valence-corrected chi connectivity index (χ0v) is 23.0. The van der Waals surface area contributed by atoms with E-state index in [4.69, 9.17) is 14.0 Å². The predicted octanol–water partition coefficient (Wildman–Crippen LogP) is 6.08. The van der Waals surface area contributed by atoms with Gasteiger partial charge in [0.2, 0.25) is 0 Å². The second kappa shape index (κ2) is 9.43. The molecule has 8 heteroatoms. The normalized spacial score (nSPS) is 18.5. The molecule has 0 amide bonds. The molecule has 0 N–H and O–H groups in total. The first-order valence-electron chi connectivity index (χ1n) is 13.6. The van der Waals surface area contributed by atoms with E-state index in [9.17, 15) is 0 Å². The Morgan fingerprint density at radius 2 is 1.44 bits per heavy atom. The van der Waals surface area contributed by atoms with Gasteiger partial charge in [-0.1, -0.05) is 54.6 Å². The Hall–Kier alpha value is -4.74. The van der Waals surface area contributed by atoms with E-state index in [1.807, 2.05) is 91.1 Å². The fourth-order valence-corrected chi connectivity index (χ4v) is 8.63. The number of anilines is 2. The number of hydrogen-bond donors (Lipinski definition) is 0. The highest BCUT2D eigenvalue weighted by Gasteiger charge is 2.45. The van der Waals surface area contributed by atoms with Gasteiger partial charge in [0, 0.05) is 28.6 Å². The molecular weight excluding hydrogens is 533 g/mol. The molecule has 0 spiro atoms. The molecule has 4 heterocycles. The molecule has 1 unspecified atom stereocenters. The van der Waals surface area contributed by atoms with Crippen LogP contribution in [0.2, 0.25) is 0 Å². The van der Waals surface area contributed by atoms with Gasteiger partial charge in [0.1, 0.15) is 22.6 Å². The van der Waals surface area contributed by atoms with E-state index in [0.29, 0.717) is 54.4 Å². The van der Waals surface area contributed by atoms with E-state index in [2.05, 4.69) is 26.9 Å². The van der Waals surface area contributed by atoms with Gasteiger partial charge in [-0.3, -0.25) is 9.55 Å². The van der Waals surface area contributed by atoms with E-state index in [-0.39, 0.29) is 0 Å². The summed E-state index contributed by atoms with van der Waals surface area (Å²) in [5.74, 6) is 1.92. The van der Waals surface area contributed by atoms with Crippen LogP contribution in [0.4, 0.5) is 11.4 Å². The number of aromatic nitrogens is 1. The monoisotopic (exact) mass is 559 g/mol. The van der Waals surface area contributed by atoms with Gasteiger partial charge in [-0.25, -0.2) is 0 Å². The molecular formula is C33H26N3O4P. The Morgan fingerprint density at radius 3 is 2.29 bits per heavy atom. The Kier molecular flexibility index (Phi) is 5.54. The fourth-order valence-electron chi connectivity index (χ4n) is 5.96. The molecule has 3 aliphatic heterocycles. The molecule has 0 fully saturated rings. The highest BCUT2D eigenvalue weighted by Crippen LogP contribution is 2.57. The minimum atomic E-state index is -3.68. The van der Waals surface area contributed by atoms with Gasteiger partial charge in [0.05, 0.1) is 30.3 Å². The van der Waals surface area contributed by atoms with Crippen LogP contribution in [-0.2, 0) is 17.7 Å². The second-order valence-corrected chi connectivity index (χ2v) is 12.6. The first kappa shape index (κ1) is 24.1. The van der Waals surface area contributed by atoms with Crippen molar-refractivity contribution in [2.75, 3.05) is 23.3 Å². The zero-order valence-electron chi connectivity index (χ0n) is 22.1. The van der Waals surface area contributed by atoms with Crippen LogP contribution < -0.4 is 34.4 Å². The van der Waals surface area contributed by atoms with Crippen molar-refractivity contribution in [3.63, 3.8) is 0 Å². The maximum atomic E-state index is 15.6. The quantitative estimate of drug-likeness (QED) is 0.248. The van der Waals surface area contributed by atoms with E-state index in [1.54, 1.807) is 6.20 Å². The largest absolute Gasteiger partial charge is 0.473 e. The minimum Gasteiger partial charge on any atom is -0.473 e. The van der Waals surface area contributed by atoms with Gasteiger partial charge in [0.15, 0.2) is 13.5 Å². The van der Waals surface area contributed by atoms with Gasteiger partial charge < -0.3 is 23.8 Å². The minimum absolute atomic E-state index is 0.298. The van der Waals surface area contributed by atoms with Crippen LogP contribution in [0.1, 0.15) is 11.1 Å². The summed E-state index contributed by atoms with van der Waals surface area (Å²) in [5.41, 5.74) is 5.54. The lowest BCUT2D eigenvalue weighted by atomic mass is 10.0. The lowest BCUT2D eigenvalue weighted by Crippen LogP contribution is -2.40. The first-order chi connectivity index (χ1) is 20.2. The van der Waals surface area contributed by atoms with E-state index < -0.39 is 7.37 Å². The number of rotatable bonds is 3. The second-order valence-electron chi connectivity index (χ2n) is 10.3. The average molecular weight is 560 g/mol. The van der Waals surface area contributed by atoms with Crippen LogP contribution in [0.5, 0.6) is 17.2 Å². The van der Waals surface area contributed by atoms with Crippen LogP contribution in [0.25, 0.3) is 11.1 Å². The summed E-state index contributed by atoms with van der Waals surface area (Å²) in [6, 6.07) is 31.7. The van der Waals surface area contributed by atoms with Crippen LogP contribution in [0, 0.1) is 0 Å². The molecule has 202 valence electrons. The highest BCUT2D eigenvalue weighted by atomic mass is 31.2. The maximum Gasteiger partial charge on any atom is 0.311 e.